The minimum atomic E-state index is -2.57. The van der Waals surface area contributed by atoms with Gasteiger partial charge in [0.1, 0.15) is 5.82 Å². The fourth-order valence-electron chi connectivity index (χ4n) is 2.44. The van der Waals surface area contributed by atoms with E-state index in [0.717, 1.165) is 15.0 Å². The van der Waals surface area contributed by atoms with Crippen LogP contribution in [0.4, 0.5) is 16.3 Å². The standard InChI is InChI=1S/C17H17N5O3S2/c1-27(2,25)22-16(23)10-6-12(15(18)20-8-10)14-7-9-5-11(21-17(19)24)3-4-13(9)26-14/h3-8H,1-2H3,(H2,18,20)(H3,19,21,24). The molecule has 140 valence electrons. The van der Waals surface area contributed by atoms with Gasteiger partial charge in [0, 0.05) is 49.3 Å². The summed E-state index contributed by atoms with van der Waals surface area (Å²) in [6, 6.07) is 8.22. The van der Waals surface area contributed by atoms with Gasteiger partial charge in [-0.1, -0.05) is 0 Å². The quantitative estimate of drug-likeness (QED) is 0.616. The molecule has 3 aromatic rings. The van der Waals surface area contributed by atoms with Crippen LogP contribution in [0.25, 0.3) is 20.5 Å². The van der Waals surface area contributed by atoms with E-state index >= 15 is 0 Å². The lowest BCUT2D eigenvalue weighted by atomic mass is 10.1. The van der Waals surface area contributed by atoms with Crippen molar-refractivity contribution < 1.29 is 13.8 Å². The van der Waals surface area contributed by atoms with E-state index < -0.39 is 21.7 Å². The lowest BCUT2D eigenvalue weighted by Crippen LogP contribution is -2.19. The molecule has 0 aliphatic carbocycles. The number of aromatic nitrogens is 1. The van der Waals surface area contributed by atoms with Crippen molar-refractivity contribution in [3.8, 4) is 10.4 Å². The fourth-order valence-corrected chi connectivity index (χ4v) is 4.01. The zero-order valence-electron chi connectivity index (χ0n) is 14.6. The number of anilines is 2. The highest BCUT2D eigenvalue weighted by Crippen LogP contribution is 2.37. The zero-order chi connectivity index (χ0) is 19.8. The van der Waals surface area contributed by atoms with E-state index in [4.69, 9.17) is 11.5 Å². The lowest BCUT2D eigenvalue weighted by molar-refractivity contribution is 0.100. The van der Waals surface area contributed by atoms with Gasteiger partial charge in [-0.15, -0.1) is 11.3 Å². The molecule has 0 bridgehead atoms. The number of thiophene rings is 1. The molecule has 0 spiro atoms. The Hall–Kier alpha value is -2.98. The van der Waals surface area contributed by atoms with Gasteiger partial charge in [0.05, 0.1) is 5.56 Å². The van der Waals surface area contributed by atoms with Crippen molar-refractivity contribution in [2.75, 3.05) is 23.6 Å². The molecule has 0 aliphatic rings. The first kappa shape index (κ1) is 18.8. The Balaban J connectivity index is 2.05. The number of primary amides is 1. The highest BCUT2D eigenvalue weighted by molar-refractivity contribution is 7.92. The number of hydrogen-bond donors (Lipinski definition) is 3. The van der Waals surface area contributed by atoms with Crippen molar-refractivity contribution in [2.24, 2.45) is 10.1 Å². The van der Waals surface area contributed by atoms with Crippen molar-refractivity contribution in [2.45, 2.75) is 0 Å². The van der Waals surface area contributed by atoms with Crippen LogP contribution in [0.3, 0.4) is 0 Å². The smallest absolute Gasteiger partial charge is 0.316 e. The van der Waals surface area contributed by atoms with Gasteiger partial charge in [-0.2, -0.15) is 4.36 Å². The summed E-state index contributed by atoms with van der Waals surface area (Å²) < 4.78 is 16.4. The number of nitrogens with one attached hydrogen (secondary N) is 1. The number of nitrogens with zero attached hydrogens (tertiary/aromatic N) is 2. The summed E-state index contributed by atoms with van der Waals surface area (Å²) in [6.07, 6.45) is 4.10. The molecule has 0 unspecified atom stereocenters. The van der Waals surface area contributed by atoms with Crippen molar-refractivity contribution in [1.82, 2.24) is 4.98 Å². The third kappa shape index (κ3) is 4.41. The summed E-state index contributed by atoms with van der Waals surface area (Å²) in [4.78, 5) is 28.1. The maximum atomic E-state index is 12.2. The predicted molar refractivity (Wildman–Crippen MR) is 109 cm³/mol. The third-order valence-electron chi connectivity index (χ3n) is 3.52. The number of carbonyl (C=O) groups is 2. The van der Waals surface area contributed by atoms with Crippen molar-refractivity contribution in [1.29, 1.82) is 0 Å². The molecule has 2 heterocycles. The van der Waals surface area contributed by atoms with E-state index in [2.05, 4.69) is 14.7 Å². The molecule has 0 aliphatic heterocycles. The molecule has 0 radical (unpaired) electrons. The average molecular weight is 403 g/mol. The minimum Gasteiger partial charge on any atom is -0.383 e. The van der Waals surface area contributed by atoms with Gasteiger partial charge in [0.15, 0.2) is 0 Å². The van der Waals surface area contributed by atoms with E-state index in [1.165, 1.54) is 30.0 Å². The predicted octanol–water partition coefficient (Wildman–Crippen LogP) is 2.90. The Morgan fingerprint density at radius 1 is 1.22 bits per heavy atom. The SMILES string of the molecule is CS(C)(=O)=NC(=O)c1cnc(N)c(-c2cc3cc(NC(N)=O)ccc3s2)c1. The summed E-state index contributed by atoms with van der Waals surface area (Å²) >= 11 is 1.46. The number of benzene rings is 1. The van der Waals surface area contributed by atoms with Crippen LogP contribution in [0, 0.1) is 0 Å². The highest BCUT2D eigenvalue weighted by atomic mass is 32.2. The third-order valence-corrected chi connectivity index (χ3v) is 5.27. The van der Waals surface area contributed by atoms with Crippen LogP contribution in [0.5, 0.6) is 0 Å². The van der Waals surface area contributed by atoms with Crippen LogP contribution in [0.2, 0.25) is 0 Å². The number of rotatable bonds is 3. The van der Waals surface area contributed by atoms with Gasteiger partial charge in [-0.25, -0.2) is 14.0 Å². The highest BCUT2D eigenvalue weighted by Gasteiger charge is 2.14. The molecular formula is C17H17N5O3S2. The molecule has 2 aromatic heterocycles. The Morgan fingerprint density at radius 3 is 2.63 bits per heavy atom. The van der Waals surface area contributed by atoms with Crippen molar-refractivity contribution >= 4 is 54.6 Å². The van der Waals surface area contributed by atoms with Gasteiger partial charge in [-0.05, 0) is 35.7 Å². The lowest BCUT2D eigenvalue weighted by Gasteiger charge is -2.04. The number of fused-ring (bicyclic) bond motifs is 1. The maximum Gasteiger partial charge on any atom is 0.316 e. The van der Waals surface area contributed by atoms with Crippen LogP contribution in [0.1, 0.15) is 10.4 Å². The molecule has 0 fully saturated rings. The van der Waals surface area contributed by atoms with Crippen LogP contribution in [-0.4, -0.2) is 33.6 Å². The van der Waals surface area contributed by atoms with Crippen molar-refractivity contribution in [3.05, 3.63) is 42.1 Å². The van der Waals surface area contributed by atoms with Gasteiger partial charge in [0.2, 0.25) is 0 Å². The summed E-state index contributed by atoms with van der Waals surface area (Å²) in [7, 11) is -2.57. The molecule has 10 heteroatoms. The fraction of sp³-hybridized carbons (Fsp3) is 0.118. The van der Waals surface area contributed by atoms with Crippen LogP contribution < -0.4 is 16.8 Å². The average Bonchev–Trinajstić information content (AvgIpc) is 2.96. The number of pyridine rings is 1. The van der Waals surface area contributed by atoms with E-state index in [0.29, 0.717) is 11.3 Å². The topological polar surface area (TPSA) is 141 Å². The van der Waals surface area contributed by atoms with Gasteiger partial charge < -0.3 is 16.8 Å². The second kappa shape index (κ2) is 6.97. The summed E-state index contributed by atoms with van der Waals surface area (Å²) in [5, 5.41) is 3.41. The van der Waals surface area contributed by atoms with Gasteiger partial charge in [0.25, 0.3) is 5.91 Å². The minimum absolute atomic E-state index is 0.212. The Kier molecular flexibility index (Phi) is 4.85. The Bertz CT molecular complexity index is 1180. The molecule has 27 heavy (non-hydrogen) atoms. The molecule has 3 amide bonds. The number of nitrogens with two attached hydrogens (primary N) is 2. The zero-order valence-corrected chi connectivity index (χ0v) is 16.2. The van der Waals surface area contributed by atoms with E-state index in [1.54, 1.807) is 18.2 Å². The molecule has 0 atom stereocenters. The monoisotopic (exact) mass is 403 g/mol. The second-order valence-electron chi connectivity index (χ2n) is 6.09. The largest absolute Gasteiger partial charge is 0.383 e. The molecule has 5 N–H and O–H groups in total. The summed E-state index contributed by atoms with van der Waals surface area (Å²) in [5.74, 6) is -0.338. The van der Waals surface area contributed by atoms with E-state index in [1.807, 2.05) is 12.1 Å². The summed E-state index contributed by atoms with van der Waals surface area (Å²) in [6.45, 7) is 0. The first-order chi connectivity index (χ1) is 12.6. The molecule has 8 nitrogen and oxygen atoms in total. The Labute approximate surface area is 159 Å². The number of amides is 3. The number of urea groups is 1. The molecule has 0 saturated heterocycles. The van der Waals surface area contributed by atoms with E-state index in [-0.39, 0.29) is 11.4 Å². The molecule has 3 rings (SSSR count). The number of nitrogen functional groups attached to an aromatic ring is 1. The molecule has 1 aromatic carbocycles. The van der Waals surface area contributed by atoms with Crippen LogP contribution in [-0.2, 0) is 9.73 Å². The van der Waals surface area contributed by atoms with Gasteiger partial charge >= 0.3 is 6.03 Å². The van der Waals surface area contributed by atoms with Crippen molar-refractivity contribution in [3.63, 3.8) is 0 Å². The first-order valence-corrected chi connectivity index (χ1v) is 10.8. The van der Waals surface area contributed by atoms with Crippen LogP contribution >= 0.6 is 11.3 Å². The molecular weight excluding hydrogens is 386 g/mol. The maximum absolute atomic E-state index is 12.2. The number of carbonyl (C=O) groups excluding carboxylic acids is 2. The Morgan fingerprint density at radius 2 is 1.96 bits per heavy atom. The number of hydrogen-bond acceptors (Lipinski definition) is 6. The second-order valence-corrected chi connectivity index (χ2v) is 9.72. The normalized spacial score (nSPS) is 11.3. The van der Waals surface area contributed by atoms with E-state index in [9.17, 15) is 13.8 Å². The molecule has 0 saturated carbocycles. The summed E-state index contributed by atoms with van der Waals surface area (Å²) in [5.41, 5.74) is 12.5. The van der Waals surface area contributed by atoms with Crippen LogP contribution in [0.15, 0.2) is 40.9 Å². The van der Waals surface area contributed by atoms with Gasteiger partial charge in [-0.3, -0.25) is 4.79 Å². The first-order valence-electron chi connectivity index (χ1n) is 7.70.